The van der Waals surface area contributed by atoms with Crippen molar-refractivity contribution >= 4 is 0 Å². The zero-order valence-electron chi connectivity index (χ0n) is 8.80. The molecule has 16 heavy (non-hydrogen) atoms. The van der Waals surface area contributed by atoms with Crippen molar-refractivity contribution < 1.29 is 5.11 Å². The highest BCUT2D eigenvalue weighted by molar-refractivity contribution is 5.31. The minimum atomic E-state index is 0.0698. The average molecular weight is 212 g/mol. The van der Waals surface area contributed by atoms with Gasteiger partial charge < -0.3 is 9.67 Å². The highest BCUT2D eigenvalue weighted by Crippen LogP contribution is 2.08. The third-order valence-corrected chi connectivity index (χ3v) is 2.44. The predicted molar refractivity (Wildman–Crippen MR) is 60.6 cm³/mol. The molecule has 0 unspecified atom stereocenters. The van der Waals surface area contributed by atoms with Crippen LogP contribution in [0.5, 0.6) is 0 Å². The van der Waals surface area contributed by atoms with Crippen LogP contribution in [0.15, 0.2) is 42.7 Å². The maximum Gasteiger partial charge on any atom is 0.0991 e. The molecule has 0 amide bonds. The molecule has 0 atom stereocenters. The molecule has 0 bridgehead atoms. The number of aliphatic hydroxyl groups is 1. The lowest BCUT2D eigenvalue weighted by atomic mass is 10.1. The molecule has 0 saturated carbocycles. The van der Waals surface area contributed by atoms with Crippen molar-refractivity contribution in [2.75, 3.05) is 0 Å². The Balaban J connectivity index is 2.11. The number of aliphatic hydroxyl groups excluding tert-OH is 1. The van der Waals surface area contributed by atoms with E-state index in [4.69, 9.17) is 10.4 Å². The first-order chi connectivity index (χ1) is 7.81. The maximum atomic E-state index is 8.94. The van der Waals surface area contributed by atoms with Crippen molar-refractivity contribution in [3.8, 4) is 6.07 Å². The summed E-state index contributed by atoms with van der Waals surface area (Å²) in [5.41, 5.74) is 2.72. The third kappa shape index (κ3) is 2.30. The van der Waals surface area contributed by atoms with Gasteiger partial charge in [-0.3, -0.25) is 0 Å². The lowest BCUT2D eigenvalue weighted by Gasteiger charge is -2.02. The first-order valence-electron chi connectivity index (χ1n) is 5.06. The Labute approximate surface area is 94.2 Å². The Bertz CT molecular complexity index is 505. The van der Waals surface area contributed by atoms with Gasteiger partial charge in [-0.25, -0.2) is 0 Å². The number of nitriles is 1. The molecule has 1 aromatic carbocycles. The SMILES string of the molecule is N#Cc1ccc(Cn2ccc(CO)c2)cc1. The van der Waals surface area contributed by atoms with Crippen molar-refractivity contribution in [3.63, 3.8) is 0 Å². The predicted octanol–water partition coefficient (Wildman–Crippen LogP) is 1.90. The van der Waals surface area contributed by atoms with Gasteiger partial charge >= 0.3 is 0 Å². The summed E-state index contributed by atoms with van der Waals surface area (Å²) in [6.45, 7) is 0.825. The number of hydrogen-bond donors (Lipinski definition) is 1. The van der Waals surface area contributed by atoms with Gasteiger partial charge in [0.05, 0.1) is 18.2 Å². The molecule has 0 aliphatic rings. The Morgan fingerprint density at radius 2 is 1.88 bits per heavy atom. The van der Waals surface area contributed by atoms with Crippen LogP contribution in [0, 0.1) is 11.3 Å². The first-order valence-corrected chi connectivity index (χ1v) is 5.06. The van der Waals surface area contributed by atoms with Gasteiger partial charge in [-0.2, -0.15) is 5.26 Å². The van der Waals surface area contributed by atoms with Crippen LogP contribution in [-0.4, -0.2) is 9.67 Å². The van der Waals surface area contributed by atoms with Crippen molar-refractivity contribution in [1.82, 2.24) is 4.57 Å². The van der Waals surface area contributed by atoms with Gasteiger partial charge in [0.2, 0.25) is 0 Å². The van der Waals surface area contributed by atoms with Crippen molar-refractivity contribution in [1.29, 1.82) is 5.26 Å². The summed E-state index contributed by atoms with van der Waals surface area (Å²) in [6, 6.07) is 11.5. The fourth-order valence-corrected chi connectivity index (χ4v) is 1.58. The van der Waals surface area contributed by atoms with Crippen LogP contribution < -0.4 is 0 Å². The van der Waals surface area contributed by atoms with Gasteiger partial charge in [0.1, 0.15) is 0 Å². The van der Waals surface area contributed by atoms with E-state index in [0.717, 1.165) is 17.7 Å². The van der Waals surface area contributed by atoms with Crippen LogP contribution in [0.1, 0.15) is 16.7 Å². The van der Waals surface area contributed by atoms with E-state index >= 15 is 0 Å². The Morgan fingerprint density at radius 3 is 2.44 bits per heavy atom. The molecule has 80 valence electrons. The van der Waals surface area contributed by atoms with Crippen LogP contribution in [0.2, 0.25) is 0 Å². The quantitative estimate of drug-likeness (QED) is 0.844. The van der Waals surface area contributed by atoms with Gasteiger partial charge in [0, 0.05) is 18.9 Å². The first kappa shape index (κ1) is 10.5. The Kier molecular flexibility index (Phi) is 3.04. The van der Waals surface area contributed by atoms with Gasteiger partial charge in [0.25, 0.3) is 0 Å². The number of hydrogen-bond acceptors (Lipinski definition) is 2. The average Bonchev–Trinajstić information content (AvgIpc) is 2.78. The van der Waals surface area contributed by atoms with Gasteiger partial charge in [0.15, 0.2) is 0 Å². The normalized spacial score (nSPS) is 10.0. The van der Waals surface area contributed by atoms with E-state index in [0.29, 0.717) is 5.56 Å². The molecule has 0 spiro atoms. The second-order valence-corrected chi connectivity index (χ2v) is 3.66. The molecule has 1 aromatic heterocycles. The van der Waals surface area contributed by atoms with Gasteiger partial charge in [-0.15, -0.1) is 0 Å². The van der Waals surface area contributed by atoms with Gasteiger partial charge in [-0.05, 0) is 29.3 Å². The highest BCUT2D eigenvalue weighted by Gasteiger charge is 1.97. The van der Waals surface area contributed by atoms with E-state index in [9.17, 15) is 0 Å². The number of nitrogens with zero attached hydrogens (tertiary/aromatic N) is 2. The molecular weight excluding hydrogens is 200 g/mol. The molecular formula is C13H12N2O. The van der Waals surface area contributed by atoms with Crippen molar-refractivity contribution in [2.45, 2.75) is 13.2 Å². The second-order valence-electron chi connectivity index (χ2n) is 3.66. The van der Waals surface area contributed by atoms with E-state index in [1.165, 1.54) is 0 Å². The Hall–Kier alpha value is -2.05. The fraction of sp³-hybridized carbons (Fsp3) is 0.154. The number of benzene rings is 1. The smallest absolute Gasteiger partial charge is 0.0991 e. The summed E-state index contributed by atoms with van der Waals surface area (Å²) < 4.78 is 2.01. The summed E-state index contributed by atoms with van der Waals surface area (Å²) in [5.74, 6) is 0. The summed E-state index contributed by atoms with van der Waals surface area (Å²) in [4.78, 5) is 0. The molecule has 1 heterocycles. The van der Waals surface area contributed by atoms with Crippen molar-refractivity contribution in [3.05, 3.63) is 59.4 Å². The van der Waals surface area contributed by atoms with Crippen LogP contribution >= 0.6 is 0 Å². The third-order valence-electron chi connectivity index (χ3n) is 2.44. The molecule has 1 N–H and O–H groups in total. The standard InChI is InChI=1S/C13H12N2O/c14-7-11-1-3-12(4-2-11)8-15-6-5-13(9-15)10-16/h1-6,9,16H,8,10H2. The molecule has 0 saturated heterocycles. The summed E-state index contributed by atoms with van der Waals surface area (Å²) >= 11 is 0. The van der Waals surface area contributed by atoms with Crippen LogP contribution in [0.3, 0.4) is 0 Å². The zero-order valence-corrected chi connectivity index (χ0v) is 8.80. The zero-order chi connectivity index (χ0) is 11.4. The summed E-state index contributed by atoms with van der Waals surface area (Å²) in [6.07, 6.45) is 3.85. The lowest BCUT2D eigenvalue weighted by Crippen LogP contribution is -1.96. The van der Waals surface area contributed by atoms with Crippen LogP contribution in [0.4, 0.5) is 0 Å². The minimum Gasteiger partial charge on any atom is -0.392 e. The monoisotopic (exact) mass is 212 g/mol. The van der Waals surface area contributed by atoms with E-state index in [-0.39, 0.29) is 6.61 Å². The van der Waals surface area contributed by atoms with E-state index in [2.05, 4.69) is 6.07 Å². The van der Waals surface area contributed by atoms with Crippen LogP contribution in [0.25, 0.3) is 0 Å². The molecule has 0 aliphatic heterocycles. The molecule has 0 radical (unpaired) electrons. The molecule has 0 fully saturated rings. The lowest BCUT2D eigenvalue weighted by molar-refractivity contribution is 0.282. The molecule has 2 rings (SSSR count). The second kappa shape index (κ2) is 4.65. The molecule has 0 aliphatic carbocycles. The number of aromatic nitrogens is 1. The van der Waals surface area contributed by atoms with Crippen LogP contribution in [-0.2, 0) is 13.2 Å². The number of rotatable bonds is 3. The van der Waals surface area contributed by atoms with Gasteiger partial charge in [-0.1, -0.05) is 12.1 Å². The maximum absolute atomic E-state index is 8.94. The minimum absolute atomic E-state index is 0.0698. The molecule has 3 nitrogen and oxygen atoms in total. The fourth-order valence-electron chi connectivity index (χ4n) is 1.58. The summed E-state index contributed by atoms with van der Waals surface area (Å²) in [5, 5.41) is 17.6. The topological polar surface area (TPSA) is 49.0 Å². The van der Waals surface area contributed by atoms with E-state index in [1.807, 2.05) is 47.3 Å². The van der Waals surface area contributed by atoms with E-state index in [1.54, 1.807) is 0 Å². The Morgan fingerprint density at radius 1 is 1.12 bits per heavy atom. The highest BCUT2D eigenvalue weighted by atomic mass is 16.3. The largest absolute Gasteiger partial charge is 0.392 e. The van der Waals surface area contributed by atoms with Crippen molar-refractivity contribution in [2.24, 2.45) is 0 Å². The molecule has 2 aromatic rings. The molecule has 3 heteroatoms. The van der Waals surface area contributed by atoms with E-state index < -0.39 is 0 Å². The summed E-state index contributed by atoms with van der Waals surface area (Å²) in [7, 11) is 0.